The number of urea groups is 1. The number of rotatable bonds is 5. The number of amides is 2. The fourth-order valence-corrected chi connectivity index (χ4v) is 1.28. The summed E-state index contributed by atoms with van der Waals surface area (Å²) in [4.78, 5) is 32.5. The fraction of sp³-hybridized carbons (Fsp3) is 0.182. The molecule has 0 saturated heterocycles. The molecule has 0 fully saturated rings. The van der Waals surface area contributed by atoms with Crippen molar-refractivity contribution in [3.05, 3.63) is 29.8 Å². The molecule has 20 heavy (non-hydrogen) atoms. The molecular formula is C11H10F2N2O5. The summed E-state index contributed by atoms with van der Waals surface area (Å²) in [5.74, 6) is -4.73. The third-order valence-electron chi connectivity index (χ3n) is 2.16. The number of carbonyl (C=O) groups excluding carboxylic acids is 1. The van der Waals surface area contributed by atoms with Crippen molar-refractivity contribution >= 4 is 23.7 Å². The molecule has 0 aliphatic heterocycles. The van der Waals surface area contributed by atoms with Crippen LogP contribution in [0.25, 0.3) is 0 Å². The predicted octanol–water partition coefficient (Wildman–Crippen LogP) is 1.01. The number of carbonyl (C=O) groups is 3. The van der Waals surface area contributed by atoms with E-state index in [-0.39, 0.29) is 0 Å². The van der Waals surface area contributed by atoms with Gasteiger partial charge in [0, 0.05) is 6.07 Å². The molecule has 0 saturated carbocycles. The Kier molecular flexibility index (Phi) is 4.95. The second-order valence-electron chi connectivity index (χ2n) is 3.71. The van der Waals surface area contributed by atoms with E-state index in [1.165, 1.54) is 0 Å². The van der Waals surface area contributed by atoms with Crippen LogP contribution in [0, 0.1) is 11.6 Å². The minimum absolute atomic E-state index is 0.498. The summed E-state index contributed by atoms with van der Waals surface area (Å²) in [5.41, 5.74) is -0.498. The van der Waals surface area contributed by atoms with Gasteiger partial charge >= 0.3 is 18.0 Å². The zero-order valence-corrected chi connectivity index (χ0v) is 9.89. The number of aliphatic carboxylic acids is 2. The van der Waals surface area contributed by atoms with E-state index >= 15 is 0 Å². The quantitative estimate of drug-likeness (QED) is 0.645. The molecule has 0 aromatic heterocycles. The summed E-state index contributed by atoms with van der Waals surface area (Å²) in [6.45, 7) is 0. The van der Waals surface area contributed by atoms with E-state index in [0.717, 1.165) is 12.1 Å². The maximum Gasteiger partial charge on any atom is 0.326 e. The van der Waals surface area contributed by atoms with Crippen LogP contribution in [0.3, 0.4) is 0 Å². The first kappa shape index (κ1) is 15.3. The molecular weight excluding hydrogens is 278 g/mol. The first-order valence-electron chi connectivity index (χ1n) is 5.26. The van der Waals surface area contributed by atoms with Gasteiger partial charge in [0.25, 0.3) is 0 Å². The second kappa shape index (κ2) is 6.45. The monoisotopic (exact) mass is 288 g/mol. The normalized spacial score (nSPS) is 11.5. The lowest BCUT2D eigenvalue weighted by Gasteiger charge is -2.13. The Balaban J connectivity index is 2.72. The zero-order chi connectivity index (χ0) is 15.3. The van der Waals surface area contributed by atoms with Gasteiger partial charge in [0.2, 0.25) is 0 Å². The molecule has 1 aromatic rings. The van der Waals surface area contributed by atoms with Gasteiger partial charge in [-0.1, -0.05) is 0 Å². The smallest absolute Gasteiger partial charge is 0.326 e. The summed E-state index contributed by atoms with van der Waals surface area (Å²) in [5, 5.41) is 20.9. The largest absolute Gasteiger partial charge is 0.481 e. The Morgan fingerprint density at radius 3 is 2.40 bits per heavy atom. The molecule has 4 N–H and O–H groups in total. The van der Waals surface area contributed by atoms with Gasteiger partial charge in [-0.05, 0) is 12.1 Å². The lowest BCUT2D eigenvalue weighted by molar-refractivity contribution is -0.145. The average Bonchev–Trinajstić information content (AvgIpc) is 2.32. The van der Waals surface area contributed by atoms with E-state index in [9.17, 15) is 23.2 Å². The molecule has 9 heteroatoms. The highest BCUT2D eigenvalue weighted by molar-refractivity contribution is 5.93. The molecule has 0 aliphatic rings. The summed E-state index contributed by atoms with van der Waals surface area (Å²) >= 11 is 0. The van der Waals surface area contributed by atoms with Crippen molar-refractivity contribution in [2.45, 2.75) is 12.5 Å². The summed E-state index contributed by atoms with van der Waals surface area (Å²) in [7, 11) is 0. The Morgan fingerprint density at radius 2 is 1.85 bits per heavy atom. The zero-order valence-electron chi connectivity index (χ0n) is 9.89. The molecule has 0 spiro atoms. The molecule has 1 aromatic carbocycles. The van der Waals surface area contributed by atoms with E-state index < -0.39 is 47.8 Å². The standard InChI is InChI=1S/C11H10F2N2O5/c12-5-1-2-6(13)7(3-5)14-11(20)15-8(10(18)19)4-9(16)17/h1-3,8H,4H2,(H,16,17)(H,18,19)(H2,14,15,20)/t8-/m1/s1. The average molecular weight is 288 g/mol. The first-order valence-corrected chi connectivity index (χ1v) is 5.26. The molecule has 0 radical (unpaired) electrons. The molecule has 0 unspecified atom stereocenters. The lowest BCUT2D eigenvalue weighted by atomic mass is 10.2. The van der Waals surface area contributed by atoms with Crippen molar-refractivity contribution in [1.29, 1.82) is 0 Å². The predicted molar refractivity (Wildman–Crippen MR) is 62.2 cm³/mol. The molecule has 0 heterocycles. The van der Waals surface area contributed by atoms with E-state index in [2.05, 4.69) is 0 Å². The van der Waals surface area contributed by atoms with Gasteiger partial charge in [-0.15, -0.1) is 0 Å². The third kappa shape index (κ3) is 4.52. The van der Waals surface area contributed by atoms with Gasteiger partial charge in [-0.3, -0.25) is 4.79 Å². The molecule has 1 rings (SSSR count). The van der Waals surface area contributed by atoms with Crippen LogP contribution < -0.4 is 10.6 Å². The van der Waals surface area contributed by atoms with Crippen LogP contribution in [0.15, 0.2) is 18.2 Å². The van der Waals surface area contributed by atoms with Crippen molar-refractivity contribution in [3.63, 3.8) is 0 Å². The summed E-state index contributed by atoms with van der Waals surface area (Å²) in [6, 6.07) is -0.547. The van der Waals surface area contributed by atoms with Gasteiger partial charge in [0.05, 0.1) is 12.1 Å². The van der Waals surface area contributed by atoms with E-state index in [4.69, 9.17) is 10.2 Å². The molecule has 108 valence electrons. The van der Waals surface area contributed by atoms with Gasteiger partial charge in [0.15, 0.2) is 0 Å². The van der Waals surface area contributed by atoms with Crippen molar-refractivity contribution in [3.8, 4) is 0 Å². The molecule has 0 bridgehead atoms. The topological polar surface area (TPSA) is 116 Å². The molecule has 1 atom stereocenters. The van der Waals surface area contributed by atoms with Crippen molar-refractivity contribution in [2.75, 3.05) is 5.32 Å². The van der Waals surface area contributed by atoms with E-state index in [1.807, 2.05) is 10.6 Å². The number of nitrogens with one attached hydrogen (secondary N) is 2. The van der Waals surface area contributed by atoms with Crippen LogP contribution in [0.5, 0.6) is 0 Å². The minimum atomic E-state index is -1.69. The maximum atomic E-state index is 13.2. The Bertz CT molecular complexity index is 550. The number of anilines is 1. The summed E-state index contributed by atoms with van der Waals surface area (Å²) in [6.07, 6.45) is -0.853. The van der Waals surface area contributed by atoms with Crippen LogP contribution in [0.2, 0.25) is 0 Å². The Hall–Kier alpha value is -2.71. The van der Waals surface area contributed by atoms with Gasteiger partial charge in [-0.25, -0.2) is 18.4 Å². The number of carboxylic acid groups (broad SMARTS) is 2. The number of halogens is 2. The minimum Gasteiger partial charge on any atom is -0.481 e. The maximum absolute atomic E-state index is 13.2. The van der Waals surface area contributed by atoms with Crippen LogP contribution >= 0.6 is 0 Å². The summed E-state index contributed by atoms with van der Waals surface area (Å²) < 4.78 is 26.1. The fourth-order valence-electron chi connectivity index (χ4n) is 1.28. The van der Waals surface area contributed by atoms with Crippen molar-refractivity contribution < 1.29 is 33.4 Å². The molecule has 2 amide bonds. The Labute approximate surface area is 111 Å². The van der Waals surface area contributed by atoms with Crippen LogP contribution in [-0.2, 0) is 9.59 Å². The van der Waals surface area contributed by atoms with Crippen LogP contribution in [0.1, 0.15) is 6.42 Å². The van der Waals surface area contributed by atoms with Gasteiger partial charge < -0.3 is 20.8 Å². The highest BCUT2D eigenvalue weighted by atomic mass is 19.1. The molecule has 7 nitrogen and oxygen atoms in total. The number of carboxylic acids is 2. The molecule has 0 aliphatic carbocycles. The van der Waals surface area contributed by atoms with Crippen LogP contribution in [0.4, 0.5) is 19.3 Å². The second-order valence-corrected chi connectivity index (χ2v) is 3.71. The lowest BCUT2D eigenvalue weighted by Crippen LogP contribution is -2.44. The van der Waals surface area contributed by atoms with E-state index in [0.29, 0.717) is 6.07 Å². The third-order valence-corrected chi connectivity index (χ3v) is 2.16. The van der Waals surface area contributed by atoms with Gasteiger partial charge in [-0.2, -0.15) is 0 Å². The van der Waals surface area contributed by atoms with Gasteiger partial charge in [0.1, 0.15) is 17.7 Å². The number of benzene rings is 1. The van der Waals surface area contributed by atoms with E-state index in [1.54, 1.807) is 0 Å². The first-order chi connectivity index (χ1) is 9.29. The van der Waals surface area contributed by atoms with Crippen LogP contribution in [-0.4, -0.2) is 34.2 Å². The van der Waals surface area contributed by atoms with Crippen molar-refractivity contribution in [2.24, 2.45) is 0 Å². The number of hydrogen-bond acceptors (Lipinski definition) is 3. The highest BCUT2D eigenvalue weighted by Crippen LogP contribution is 2.15. The number of hydrogen-bond donors (Lipinski definition) is 4. The Morgan fingerprint density at radius 1 is 1.20 bits per heavy atom. The highest BCUT2D eigenvalue weighted by Gasteiger charge is 2.23. The van der Waals surface area contributed by atoms with Crippen molar-refractivity contribution in [1.82, 2.24) is 5.32 Å². The SMILES string of the molecule is O=C(O)C[C@@H](NC(=O)Nc1cc(F)ccc1F)C(=O)O.